The summed E-state index contributed by atoms with van der Waals surface area (Å²) in [5.41, 5.74) is 5.40. The van der Waals surface area contributed by atoms with Gasteiger partial charge in [0.05, 0.1) is 62.4 Å². The van der Waals surface area contributed by atoms with E-state index in [0.717, 1.165) is 121 Å². The SMILES string of the molecule is CCCCCCCCCCCCOc1cc(C(=O)Nc2cc(C(=O)NCc3cc(-c4ccccn4)nc(-c4ccccn4)c3)cc(NC(=O)c3cc(OCCCCCCCCCCCC)c(OCCCCCCCCCCCC)c(OCCCCCCCCCCCC)c3)c2C)cc(OCCCCCCCCCCCC)c1OCCCCCCCCCCCC. The molecule has 698 valence electrons. The van der Waals surface area contributed by atoms with E-state index < -0.39 is 17.7 Å². The third kappa shape index (κ3) is 47.3. The van der Waals surface area contributed by atoms with Crippen LogP contribution in [0, 0.1) is 6.92 Å². The van der Waals surface area contributed by atoms with E-state index in [9.17, 15) is 0 Å². The monoisotopic (exact) mass is 1720 g/mol. The molecule has 3 heterocycles. The highest BCUT2D eigenvalue weighted by molar-refractivity contribution is 6.10. The second-order valence-corrected chi connectivity index (χ2v) is 35.7. The summed E-state index contributed by atoms with van der Waals surface area (Å²) in [6, 6.07) is 25.9. The predicted octanol–water partition coefficient (Wildman–Crippen LogP) is 32.7. The summed E-state index contributed by atoms with van der Waals surface area (Å²) in [5, 5.41) is 9.75. The van der Waals surface area contributed by atoms with Crippen LogP contribution in [0.4, 0.5) is 11.4 Å². The molecule has 15 nitrogen and oxygen atoms in total. The summed E-state index contributed by atoms with van der Waals surface area (Å²) < 4.78 is 41.0. The molecule has 125 heavy (non-hydrogen) atoms. The molecule has 0 aliphatic carbocycles. The van der Waals surface area contributed by atoms with Gasteiger partial charge in [-0.1, -0.05) is 400 Å². The average Bonchev–Trinajstić information content (AvgIpc) is 0.802. The number of nitrogens with zero attached hydrogens (tertiary/aromatic N) is 3. The number of pyridine rings is 3. The summed E-state index contributed by atoms with van der Waals surface area (Å²) in [6.07, 6.45) is 75.5. The third-order valence-corrected chi connectivity index (χ3v) is 24.4. The molecule has 0 unspecified atom stereocenters. The van der Waals surface area contributed by atoms with Gasteiger partial charge >= 0.3 is 0 Å². The number of ether oxygens (including phenoxy) is 6. The van der Waals surface area contributed by atoms with E-state index in [2.05, 4.69) is 67.5 Å². The maximum atomic E-state index is 15.6. The molecule has 0 fully saturated rings. The molecule has 0 saturated carbocycles. The second kappa shape index (κ2) is 71.3. The highest BCUT2D eigenvalue weighted by Crippen LogP contribution is 2.43. The van der Waals surface area contributed by atoms with Crippen LogP contribution in [0.1, 0.15) is 469 Å². The van der Waals surface area contributed by atoms with E-state index in [0.29, 0.717) is 125 Å². The molecule has 0 radical (unpaired) electrons. The van der Waals surface area contributed by atoms with Gasteiger partial charge in [0.15, 0.2) is 23.0 Å². The smallest absolute Gasteiger partial charge is 0.255 e. The van der Waals surface area contributed by atoms with Crippen molar-refractivity contribution in [1.82, 2.24) is 20.3 Å². The van der Waals surface area contributed by atoms with Crippen LogP contribution in [0.15, 0.2) is 97.3 Å². The largest absolute Gasteiger partial charge is 0.490 e. The van der Waals surface area contributed by atoms with Gasteiger partial charge in [-0.05, 0) is 129 Å². The van der Waals surface area contributed by atoms with Crippen molar-refractivity contribution in [3.8, 4) is 57.3 Å². The Morgan fingerprint density at radius 3 is 0.736 bits per heavy atom. The van der Waals surface area contributed by atoms with E-state index in [4.69, 9.17) is 33.4 Å². The van der Waals surface area contributed by atoms with Crippen molar-refractivity contribution in [2.75, 3.05) is 50.3 Å². The number of nitrogens with one attached hydrogen (secondary N) is 3. The van der Waals surface area contributed by atoms with Crippen LogP contribution in [0.2, 0.25) is 0 Å². The lowest BCUT2D eigenvalue weighted by atomic mass is 10.0. The number of rotatable bonds is 81. The standard InChI is InChI=1S/C110H174N6O9/c1-8-14-20-26-32-38-44-50-56-66-76-120-102-86-94(87-103(121-77-67-57-51-45-39-33-27-21-15-9-2)106(102)124-80-70-60-54-48-42-36-30-24-18-12-5)109(118)115-98-84-93(108(117)113-90-92-82-100(96-72-62-64-74-111-96)114-101(83-92)97-73-63-65-75-112-97)85-99(91(98)7)116-110(119)95-88-104(122-78-68-58-52-46-40-34-28-22-16-10-3)107(125-81-71-61-55-49-43-37-31-25-19-13-6)105(89-95)123-79-69-59-53-47-41-35-29-23-17-11-4/h62-65,72-75,82-89H,8-61,66-71,76-81,90H2,1-7H3,(H,113,117)(H,115,118)(H,116,119). The topological polar surface area (TPSA) is 181 Å². The van der Waals surface area contributed by atoms with E-state index in [1.807, 2.05) is 55.5 Å². The summed E-state index contributed by atoms with van der Waals surface area (Å²) in [5.74, 6) is 1.61. The predicted molar refractivity (Wildman–Crippen MR) is 526 cm³/mol. The Balaban J connectivity index is 1.40. The average molecular weight is 1720 g/mol. The van der Waals surface area contributed by atoms with Crippen LogP contribution < -0.4 is 44.4 Å². The number of hydrogen-bond acceptors (Lipinski definition) is 12. The highest BCUT2D eigenvalue weighted by Gasteiger charge is 2.25. The fourth-order valence-corrected chi connectivity index (χ4v) is 16.5. The third-order valence-electron chi connectivity index (χ3n) is 24.4. The minimum atomic E-state index is -0.445. The summed E-state index contributed by atoms with van der Waals surface area (Å²) in [6.45, 7) is 18.4. The number of hydrogen-bond donors (Lipinski definition) is 3. The first-order chi connectivity index (χ1) is 61.6. The van der Waals surface area contributed by atoms with E-state index in [1.54, 1.807) is 48.8 Å². The van der Waals surface area contributed by atoms with Gasteiger partial charge < -0.3 is 44.4 Å². The van der Waals surface area contributed by atoms with Gasteiger partial charge in [-0.2, -0.15) is 0 Å². The minimum absolute atomic E-state index is 0.104. The Morgan fingerprint density at radius 1 is 0.264 bits per heavy atom. The number of aromatic nitrogens is 3. The lowest BCUT2D eigenvalue weighted by Gasteiger charge is -2.20. The van der Waals surface area contributed by atoms with Crippen LogP contribution in [0.5, 0.6) is 34.5 Å². The molecule has 3 amide bonds. The van der Waals surface area contributed by atoms with Crippen LogP contribution in [-0.4, -0.2) is 72.3 Å². The van der Waals surface area contributed by atoms with Crippen molar-refractivity contribution in [2.45, 2.75) is 440 Å². The number of carbonyl (C=O) groups is 3. The first-order valence-corrected chi connectivity index (χ1v) is 51.6. The molecular formula is C110H174N6O9. The van der Waals surface area contributed by atoms with E-state index >= 15 is 14.4 Å². The highest BCUT2D eigenvalue weighted by atomic mass is 16.5. The molecule has 0 saturated heterocycles. The molecule has 6 aromatic rings. The molecule has 3 aromatic carbocycles. The summed E-state index contributed by atoms with van der Waals surface area (Å²) >= 11 is 0. The van der Waals surface area contributed by atoms with Gasteiger partial charge in [-0.25, -0.2) is 4.98 Å². The zero-order valence-corrected chi connectivity index (χ0v) is 80.1. The Hall–Kier alpha value is -7.68. The number of benzene rings is 3. The van der Waals surface area contributed by atoms with Crippen LogP contribution in [0.3, 0.4) is 0 Å². The van der Waals surface area contributed by atoms with Gasteiger partial charge in [0, 0.05) is 47.0 Å². The van der Waals surface area contributed by atoms with Crippen molar-refractivity contribution in [2.24, 2.45) is 0 Å². The number of anilines is 2. The van der Waals surface area contributed by atoms with E-state index in [1.165, 1.54) is 270 Å². The van der Waals surface area contributed by atoms with Crippen LogP contribution in [0.25, 0.3) is 22.8 Å². The molecule has 0 aliphatic rings. The number of carbonyl (C=O) groups excluding carboxylic acids is 3. The molecule has 0 spiro atoms. The van der Waals surface area contributed by atoms with Gasteiger partial charge in [0.1, 0.15) is 0 Å². The zero-order valence-electron chi connectivity index (χ0n) is 80.1. The van der Waals surface area contributed by atoms with E-state index in [-0.39, 0.29) is 12.1 Å². The lowest BCUT2D eigenvalue weighted by Crippen LogP contribution is -2.24. The van der Waals surface area contributed by atoms with Gasteiger partial charge in [0.2, 0.25) is 11.5 Å². The molecule has 3 aromatic heterocycles. The Kier molecular flexibility index (Phi) is 60.5. The summed E-state index contributed by atoms with van der Waals surface area (Å²) in [4.78, 5) is 60.8. The molecule has 3 N–H and O–H groups in total. The van der Waals surface area contributed by atoms with Crippen LogP contribution in [-0.2, 0) is 6.54 Å². The van der Waals surface area contributed by atoms with Crippen molar-refractivity contribution in [3.05, 3.63) is 125 Å². The maximum Gasteiger partial charge on any atom is 0.255 e. The number of unbranched alkanes of at least 4 members (excludes halogenated alkanes) is 54. The van der Waals surface area contributed by atoms with Crippen molar-refractivity contribution in [3.63, 3.8) is 0 Å². The Labute approximate surface area is 760 Å². The minimum Gasteiger partial charge on any atom is -0.490 e. The fraction of sp³-hybridized carbons (Fsp3) is 0.673. The molecular weight excluding hydrogens is 1550 g/mol. The normalized spacial score (nSPS) is 11.3. The van der Waals surface area contributed by atoms with Crippen molar-refractivity contribution < 1.29 is 42.8 Å². The first kappa shape index (κ1) is 106. The molecule has 15 heteroatoms. The van der Waals surface area contributed by atoms with Gasteiger partial charge in [0.25, 0.3) is 17.7 Å². The first-order valence-electron chi connectivity index (χ1n) is 51.6. The van der Waals surface area contributed by atoms with Gasteiger partial charge in [-0.15, -0.1) is 0 Å². The fourth-order valence-electron chi connectivity index (χ4n) is 16.5. The Bertz CT molecular complexity index is 3400. The summed E-state index contributed by atoms with van der Waals surface area (Å²) in [7, 11) is 0. The second-order valence-electron chi connectivity index (χ2n) is 35.7. The number of amides is 3. The molecule has 0 aliphatic heterocycles. The van der Waals surface area contributed by atoms with Crippen molar-refractivity contribution in [1.29, 1.82) is 0 Å². The Morgan fingerprint density at radius 2 is 0.496 bits per heavy atom. The lowest BCUT2D eigenvalue weighted by molar-refractivity contribution is 0.0948. The quantitative estimate of drug-likeness (QED) is 0.0308. The van der Waals surface area contributed by atoms with Crippen LogP contribution >= 0.6 is 0 Å². The maximum absolute atomic E-state index is 15.6. The zero-order chi connectivity index (χ0) is 88.7. The van der Waals surface area contributed by atoms with Crippen molar-refractivity contribution >= 4 is 29.1 Å². The van der Waals surface area contributed by atoms with Gasteiger partial charge in [-0.3, -0.25) is 24.4 Å². The molecule has 0 atom stereocenters. The molecule has 6 rings (SSSR count). The molecule has 0 bridgehead atoms.